The average Bonchev–Trinajstić information content (AvgIpc) is 3.17. The third-order valence-corrected chi connectivity index (χ3v) is 5.12. The van der Waals surface area contributed by atoms with Crippen molar-refractivity contribution in [2.75, 3.05) is 18.4 Å². The summed E-state index contributed by atoms with van der Waals surface area (Å²) in [5, 5.41) is 15.7. The Balaban J connectivity index is 0.00000169. The highest BCUT2D eigenvalue weighted by Gasteiger charge is 2.41. The summed E-state index contributed by atoms with van der Waals surface area (Å²) in [6.07, 6.45) is 13.6. The van der Waals surface area contributed by atoms with E-state index in [0.717, 1.165) is 25.3 Å². The number of anilines is 1. The van der Waals surface area contributed by atoms with Gasteiger partial charge in [-0.1, -0.05) is 12.8 Å². The number of hydrogen-bond donors (Lipinski definition) is 4. The van der Waals surface area contributed by atoms with Crippen molar-refractivity contribution >= 4 is 42.6 Å². The zero-order valence-corrected chi connectivity index (χ0v) is 16.2. The molecule has 0 unspecified atom stereocenters. The number of hydrogen-bond acceptors (Lipinski definition) is 6. The molecule has 0 radical (unpaired) electrons. The Labute approximate surface area is 166 Å². The number of rotatable bonds is 5. The molecule has 146 valence electrons. The Morgan fingerprint density at radius 1 is 1.23 bits per heavy atom. The van der Waals surface area contributed by atoms with Crippen molar-refractivity contribution in [1.82, 2.24) is 20.8 Å². The minimum atomic E-state index is -0.590. The van der Waals surface area contributed by atoms with E-state index in [2.05, 4.69) is 20.6 Å². The molecule has 7 nitrogen and oxygen atoms in total. The molecular formula is C17H27Cl2N5O2. The fourth-order valence-electron chi connectivity index (χ4n) is 3.91. The summed E-state index contributed by atoms with van der Waals surface area (Å²) in [6, 6.07) is 0. The first-order valence-corrected chi connectivity index (χ1v) is 8.65. The van der Waals surface area contributed by atoms with Crippen molar-refractivity contribution < 1.29 is 10.0 Å². The van der Waals surface area contributed by atoms with Crippen molar-refractivity contribution in [2.24, 2.45) is 5.92 Å². The quantitative estimate of drug-likeness (QED) is 0.342. The Hall–Kier alpha value is -1.41. The Morgan fingerprint density at radius 2 is 2.00 bits per heavy atom. The maximum Gasteiger partial charge on any atom is 0.267 e. The average molecular weight is 404 g/mol. The van der Waals surface area contributed by atoms with Crippen LogP contribution in [-0.2, 0) is 4.79 Å². The molecule has 26 heavy (non-hydrogen) atoms. The molecule has 1 aliphatic heterocycles. The molecule has 0 aromatic carbocycles. The van der Waals surface area contributed by atoms with Crippen LogP contribution in [0.2, 0.25) is 0 Å². The molecule has 2 fully saturated rings. The van der Waals surface area contributed by atoms with Gasteiger partial charge in [-0.05, 0) is 44.2 Å². The predicted octanol–water partition coefficient (Wildman–Crippen LogP) is 2.56. The summed E-state index contributed by atoms with van der Waals surface area (Å²) in [6.45, 7) is 2.05. The highest BCUT2D eigenvalue weighted by molar-refractivity contribution is 5.90. The van der Waals surface area contributed by atoms with Crippen LogP contribution < -0.4 is 16.1 Å². The fraction of sp³-hybridized carbons (Fsp3) is 0.588. The molecule has 0 spiro atoms. The first-order valence-electron chi connectivity index (χ1n) is 8.65. The molecular weight excluding hydrogens is 377 g/mol. The smallest absolute Gasteiger partial charge is 0.267 e. The zero-order valence-electron chi connectivity index (χ0n) is 14.6. The van der Waals surface area contributed by atoms with Crippen LogP contribution in [0.4, 0.5) is 5.82 Å². The summed E-state index contributed by atoms with van der Waals surface area (Å²) in [5.41, 5.74) is 2.18. The minimum Gasteiger partial charge on any atom is -0.362 e. The summed E-state index contributed by atoms with van der Waals surface area (Å²) < 4.78 is 0. The number of halogens is 2. The van der Waals surface area contributed by atoms with Gasteiger partial charge < -0.3 is 10.6 Å². The lowest BCUT2D eigenvalue weighted by Crippen LogP contribution is -2.55. The molecule has 1 aromatic heterocycles. The lowest BCUT2D eigenvalue weighted by molar-refractivity contribution is -0.124. The van der Waals surface area contributed by atoms with Crippen molar-refractivity contribution in [1.29, 1.82) is 0 Å². The number of amides is 1. The highest BCUT2D eigenvalue weighted by atomic mass is 35.5. The monoisotopic (exact) mass is 403 g/mol. The van der Waals surface area contributed by atoms with Gasteiger partial charge >= 0.3 is 0 Å². The van der Waals surface area contributed by atoms with Gasteiger partial charge in [-0.2, -0.15) is 0 Å². The Bertz CT molecular complexity index is 585. The second kappa shape index (κ2) is 10.7. The fourth-order valence-corrected chi connectivity index (χ4v) is 3.91. The third-order valence-electron chi connectivity index (χ3n) is 5.12. The van der Waals surface area contributed by atoms with Crippen molar-refractivity contribution in [3.63, 3.8) is 0 Å². The molecule has 0 bridgehead atoms. The van der Waals surface area contributed by atoms with E-state index < -0.39 is 5.91 Å². The molecule has 1 atom stereocenters. The van der Waals surface area contributed by atoms with E-state index in [1.165, 1.54) is 44.3 Å². The maximum absolute atomic E-state index is 11.0. The van der Waals surface area contributed by atoms with Crippen LogP contribution in [-0.4, -0.2) is 39.7 Å². The molecule has 1 saturated carbocycles. The number of carbonyl (C=O) groups excluding carboxylic acids is 1. The number of piperidine rings is 1. The van der Waals surface area contributed by atoms with Crippen LogP contribution >= 0.6 is 24.8 Å². The summed E-state index contributed by atoms with van der Waals surface area (Å²) in [7, 11) is 0. The maximum atomic E-state index is 11.0. The Kier molecular flexibility index (Phi) is 9.29. The molecule has 1 aliphatic carbocycles. The van der Waals surface area contributed by atoms with E-state index in [-0.39, 0.29) is 30.4 Å². The van der Waals surface area contributed by atoms with Crippen LogP contribution in [0.25, 0.3) is 6.08 Å². The van der Waals surface area contributed by atoms with E-state index in [1.54, 1.807) is 17.9 Å². The van der Waals surface area contributed by atoms with E-state index in [0.29, 0.717) is 11.6 Å². The van der Waals surface area contributed by atoms with Gasteiger partial charge in [-0.15, -0.1) is 24.8 Å². The first kappa shape index (κ1) is 22.6. The number of carbonyl (C=O) groups is 1. The molecule has 3 rings (SSSR count). The largest absolute Gasteiger partial charge is 0.362 e. The summed E-state index contributed by atoms with van der Waals surface area (Å²) in [5.74, 6) is 0.863. The molecule has 4 N–H and O–H groups in total. The number of nitrogens with zero attached hydrogens (tertiary/aromatic N) is 2. The number of hydroxylamine groups is 1. The second-order valence-electron chi connectivity index (χ2n) is 6.68. The van der Waals surface area contributed by atoms with E-state index in [9.17, 15) is 4.79 Å². The molecule has 9 heteroatoms. The van der Waals surface area contributed by atoms with E-state index in [1.807, 2.05) is 0 Å². The van der Waals surface area contributed by atoms with Gasteiger partial charge in [0.25, 0.3) is 5.91 Å². The zero-order chi connectivity index (χ0) is 16.8. The van der Waals surface area contributed by atoms with Gasteiger partial charge in [-0.25, -0.2) is 10.5 Å². The summed E-state index contributed by atoms with van der Waals surface area (Å²) in [4.78, 5) is 19.7. The van der Waals surface area contributed by atoms with Crippen molar-refractivity contribution in [3.05, 3.63) is 24.2 Å². The minimum absolute atomic E-state index is 0. The number of aromatic nitrogens is 2. The van der Waals surface area contributed by atoms with Gasteiger partial charge in [0.05, 0.1) is 23.6 Å². The lowest BCUT2D eigenvalue weighted by atomic mass is 9.77. The molecule has 2 aliphatic rings. The molecule has 1 saturated heterocycles. The second-order valence-corrected chi connectivity index (χ2v) is 6.68. The van der Waals surface area contributed by atoms with Crippen LogP contribution in [0.5, 0.6) is 0 Å². The van der Waals surface area contributed by atoms with Crippen molar-refractivity contribution in [3.8, 4) is 0 Å². The molecule has 2 heterocycles. The van der Waals surface area contributed by atoms with Gasteiger partial charge in [0, 0.05) is 12.6 Å². The standard InChI is InChI=1S/C17H25N5O2.2ClH/c23-16(22-24)7-6-14-10-20-15(11-19-14)21-17(8-3-9-18-12-17)13-4-1-2-5-13;;/h6-7,10-11,13,18,24H,1-5,8-9,12H2,(H,20,21)(H,22,23);2*1H/b7-6+;;/t17-;;/m0../s1. The normalized spacial score (nSPS) is 23.1. The molecule has 1 amide bonds. The SMILES string of the molecule is Cl.Cl.O=C(/C=C/c1cnc(N[C@@]2(C3CCCC3)CCCNC2)cn1)NO. The summed E-state index contributed by atoms with van der Waals surface area (Å²) >= 11 is 0. The Morgan fingerprint density at radius 3 is 2.58 bits per heavy atom. The van der Waals surface area contributed by atoms with Gasteiger partial charge in [-0.3, -0.25) is 15.0 Å². The van der Waals surface area contributed by atoms with Crippen LogP contribution in [0.15, 0.2) is 18.5 Å². The van der Waals surface area contributed by atoms with Gasteiger partial charge in [0.15, 0.2) is 0 Å². The molecule has 1 aromatic rings. The lowest BCUT2D eigenvalue weighted by Gasteiger charge is -2.43. The first-order chi connectivity index (χ1) is 11.7. The van der Waals surface area contributed by atoms with Crippen LogP contribution in [0.3, 0.4) is 0 Å². The third kappa shape index (κ3) is 5.54. The predicted molar refractivity (Wildman–Crippen MR) is 106 cm³/mol. The van der Waals surface area contributed by atoms with Gasteiger partial charge in [0.2, 0.25) is 0 Å². The van der Waals surface area contributed by atoms with E-state index in [4.69, 9.17) is 5.21 Å². The number of nitrogens with one attached hydrogen (secondary N) is 3. The highest BCUT2D eigenvalue weighted by Crippen LogP contribution is 2.39. The van der Waals surface area contributed by atoms with Crippen LogP contribution in [0, 0.1) is 5.92 Å². The van der Waals surface area contributed by atoms with Crippen molar-refractivity contribution in [2.45, 2.75) is 44.1 Å². The van der Waals surface area contributed by atoms with Gasteiger partial charge in [0.1, 0.15) is 5.82 Å². The van der Waals surface area contributed by atoms with E-state index >= 15 is 0 Å². The topological polar surface area (TPSA) is 99.2 Å². The van der Waals surface area contributed by atoms with Crippen LogP contribution in [0.1, 0.15) is 44.2 Å².